The van der Waals surface area contributed by atoms with Gasteiger partial charge in [-0.1, -0.05) is 18.2 Å². The van der Waals surface area contributed by atoms with Crippen LogP contribution in [0.3, 0.4) is 0 Å². The van der Waals surface area contributed by atoms with Crippen molar-refractivity contribution in [2.45, 2.75) is 11.8 Å². The fraction of sp³-hybridized carbons (Fsp3) is 0.231. The van der Waals surface area contributed by atoms with Crippen molar-refractivity contribution in [3.05, 3.63) is 76.9 Å². The first-order chi connectivity index (χ1) is 16.9. The summed E-state index contributed by atoms with van der Waals surface area (Å²) in [7, 11) is 1.47. The fourth-order valence-corrected chi connectivity index (χ4v) is 5.00. The van der Waals surface area contributed by atoms with Crippen LogP contribution in [0.15, 0.2) is 54.6 Å². The van der Waals surface area contributed by atoms with Crippen molar-refractivity contribution in [3.8, 4) is 28.7 Å². The normalized spacial score (nSPS) is 19.7. The molecule has 0 bridgehead atoms. The van der Waals surface area contributed by atoms with Gasteiger partial charge in [0.1, 0.15) is 17.2 Å². The number of phenolic OH excluding ortho intramolecular Hbond substituents is 1. The lowest BCUT2D eigenvalue weighted by Crippen LogP contribution is -2.24. The van der Waals surface area contributed by atoms with Gasteiger partial charge in [-0.05, 0) is 47.0 Å². The number of carboxylic acid groups (broad SMARTS) is 2. The van der Waals surface area contributed by atoms with E-state index < -0.39 is 36.3 Å². The molecule has 3 aromatic rings. The highest BCUT2D eigenvalue weighted by Gasteiger charge is 2.48. The first kappa shape index (κ1) is 22.4. The number of rotatable bonds is 7. The summed E-state index contributed by atoms with van der Waals surface area (Å²) in [6, 6.07) is 15.0. The van der Waals surface area contributed by atoms with Gasteiger partial charge in [-0.2, -0.15) is 0 Å². The summed E-state index contributed by atoms with van der Waals surface area (Å²) < 4.78 is 21.7. The molecule has 3 aromatic carbocycles. The number of aromatic hydroxyl groups is 1. The Kier molecular flexibility index (Phi) is 5.60. The zero-order chi connectivity index (χ0) is 24.7. The minimum Gasteiger partial charge on any atom is -0.508 e. The molecule has 3 unspecified atom stereocenters. The lowest BCUT2D eigenvalue weighted by molar-refractivity contribution is -0.142. The third-order valence-electron chi connectivity index (χ3n) is 6.41. The van der Waals surface area contributed by atoms with E-state index in [1.165, 1.54) is 19.2 Å². The standard InChI is InChI=1S/C26H22O9/c1-32-15-4-6-17(20(10-15)33-11-22(28)29)24-18-9-14(27)3-5-16(18)23(25(24)26(30)31)13-2-7-19-21(8-13)35-12-34-19/h2-10,23-25,27H,11-12H2,1H3,(H,28,29)(H,30,31). The molecule has 0 aromatic heterocycles. The zero-order valence-corrected chi connectivity index (χ0v) is 18.6. The minimum absolute atomic E-state index is 0.00857. The maximum atomic E-state index is 12.8. The summed E-state index contributed by atoms with van der Waals surface area (Å²) in [6.45, 7) is -0.516. The molecule has 0 spiro atoms. The fourth-order valence-electron chi connectivity index (χ4n) is 5.00. The maximum absolute atomic E-state index is 12.8. The Labute approximate surface area is 200 Å². The Morgan fingerprint density at radius 3 is 2.43 bits per heavy atom. The second kappa shape index (κ2) is 8.75. The van der Waals surface area contributed by atoms with Crippen LogP contribution < -0.4 is 18.9 Å². The van der Waals surface area contributed by atoms with Crippen LogP contribution >= 0.6 is 0 Å². The molecule has 0 radical (unpaired) electrons. The molecule has 2 aliphatic rings. The number of ether oxygens (including phenoxy) is 4. The van der Waals surface area contributed by atoms with Gasteiger partial charge in [0.05, 0.1) is 13.0 Å². The number of phenols is 1. The number of fused-ring (bicyclic) bond motifs is 2. The van der Waals surface area contributed by atoms with Crippen LogP contribution in [-0.2, 0) is 9.59 Å². The first-order valence-corrected chi connectivity index (χ1v) is 10.8. The Morgan fingerprint density at radius 2 is 1.69 bits per heavy atom. The highest BCUT2D eigenvalue weighted by atomic mass is 16.7. The van der Waals surface area contributed by atoms with Gasteiger partial charge in [0.15, 0.2) is 18.1 Å². The van der Waals surface area contributed by atoms with E-state index in [9.17, 15) is 19.8 Å². The van der Waals surface area contributed by atoms with Gasteiger partial charge in [0, 0.05) is 23.5 Å². The van der Waals surface area contributed by atoms with E-state index in [0.717, 1.165) is 11.1 Å². The summed E-state index contributed by atoms with van der Waals surface area (Å²) in [5.41, 5.74) is 2.55. The van der Waals surface area contributed by atoms with E-state index in [1.807, 2.05) is 6.07 Å². The van der Waals surface area contributed by atoms with Gasteiger partial charge in [0.25, 0.3) is 0 Å². The van der Waals surface area contributed by atoms with Crippen molar-refractivity contribution in [1.29, 1.82) is 0 Å². The average Bonchev–Trinajstić information content (AvgIpc) is 3.44. The number of aliphatic carboxylic acids is 2. The molecule has 35 heavy (non-hydrogen) atoms. The molecule has 1 aliphatic carbocycles. The highest BCUT2D eigenvalue weighted by Crippen LogP contribution is 2.55. The van der Waals surface area contributed by atoms with Crippen LogP contribution in [0.2, 0.25) is 0 Å². The average molecular weight is 478 g/mol. The third-order valence-corrected chi connectivity index (χ3v) is 6.41. The largest absolute Gasteiger partial charge is 0.508 e. The Hall–Kier alpha value is -4.40. The van der Waals surface area contributed by atoms with E-state index in [-0.39, 0.29) is 18.3 Å². The van der Waals surface area contributed by atoms with E-state index >= 15 is 0 Å². The second-order valence-electron chi connectivity index (χ2n) is 8.33. The molecule has 1 aliphatic heterocycles. The number of carbonyl (C=O) groups is 2. The number of methoxy groups -OCH3 is 1. The van der Waals surface area contributed by atoms with Crippen molar-refractivity contribution >= 4 is 11.9 Å². The first-order valence-electron chi connectivity index (χ1n) is 10.8. The van der Waals surface area contributed by atoms with E-state index in [1.54, 1.807) is 36.4 Å². The van der Waals surface area contributed by atoms with Gasteiger partial charge in [-0.3, -0.25) is 4.79 Å². The molecule has 3 atom stereocenters. The quantitative estimate of drug-likeness (QED) is 0.466. The SMILES string of the molecule is COc1ccc(C2c3cc(O)ccc3C(c3ccc4c(c3)OCO4)C2C(=O)O)c(OCC(=O)O)c1. The number of hydrogen-bond acceptors (Lipinski definition) is 7. The predicted molar refractivity (Wildman–Crippen MR) is 122 cm³/mol. The molecule has 180 valence electrons. The summed E-state index contributed by atoms with van der Waals surface area (Å²) >= 11 is 0. The lowest BCUT2D eigenvalue weighted by atomic mass is 9.79. The Bertz CT molecular complexity index is 1320. The van der Waals surface area contributed by atoms with Crippen LogP contribution in [0.25, 0.3) is 0 Å². The van der Waals surface area contributed by atoms with Gasteiger partial charge >= 0.3 is 11.9 Å². The molecular weight excluding hydrogens is 456 g/mol. The molecule has 0 saturated heterocycles. The van der Waals surface area contributed by atoms with Gasteiger partial charge < -0.3 is 34.3 Å². The molecule has 9 nitrogen and oxygen atoms in total. The van der Waals surface area contributed by atoms with Gasteiger partial charge in [0.2, 0.25) is 6.79 Å². The molecule has 0 fully saturated rings. The lowest BCUT2D eigenvalue weighted by Gasteiger charge is -2.24. The number of carboxylic acids is 2. The smallest absolute Gasteiger partial charge is 0.341 e. The van der Waals surface area contributed by atoms with Crippen molar-refractivity contribution in [2.75, 3.05) is 20.5 Å². The van der Waals surface area contributed by atoms with E-state index in [2.05, 4.69) is 0 Å². The molecule has 1 heterocycles. The third kappa shape index (κ3) is 3.95. The Morgan fingerprint density at radius 1 is 0.914 bits per heavy atom. The van der Waals surface area contributed by atoms with Crippen LogP contribution in [0.4, 0.5) is 0 Å². The Balaban J connectivity index is 1.69. The molecular formula is C26H22O9. The molecule has 0 saturated carbocycles. The van der Waals surface area contributed by atoms with Crippen molar-refractivity contribution < 1.29 is 43.9 Å². The van der Waals surface area contributed by atoms with Crippen LogP contribution in [0, 0.1) is 5.92 Å². The topological polar surface area (TPSA) is 132 Å². The van der Waals surface area contributed by atoms with Crippen LogP contribution in [0.5, 0.6) is 28.7 Å². The second-order valence-corrected chi connectivity index (χ2v) is 8.33. The molecule has 5 rings (SSSR count). The monoisotopic (exact) mass is 478 g/mol. The van der Waals surface area contributed by atoms with Crippen molar-refractivity contribution in [2.24, 2.45) is 5.92 Å². The highest BCUT2D eigenvalue weighted by molar-refractivity contribution is 5.79. The number of hydrogen-bond donors (Lipinski definition) is 3. The van der Waals surface area contributed by atoms with E-state index in [4.69, 9.17) is 24.1 Å². The number of benzene rings is 3. The summed E-state index contributed by atoms with van der Waals surface area (Å²) in [4.78, 5) is 24.0. The molecule has 3 N–H and O–H groups in total. The summed E-state index contributed by atoms with van der Waals surface area (Å²) in [5, 5.41) is 29.9. The van der Waals surface area contributed by atoms with Crippen molar-refractivity contribution in [3.63, 3.8) is 0 Å². The summed E-state index contributed by atoms with van der Waals surface area (Å²) in [5.74, 6) is -2.77. The van der Waals surface area contributed by atoms with Crippen LogP contribution in [-0.4, -0.2) is 47.8 Å². The predicted octanol–water partition coefficient (Wildman–Crippen LogP) is 3.57. The zero-order valence-electron chi connectivity index (χ0n) is 18.6. The van der Waals surface area contributed by atoms with E-state index in [0.29, 0.717) is 28.4 Å². The summed E-state index contributed by atoms with van der Waals surface area (Å²) in [6.07, 6.45) is 0. The molecule has 0 amide bonds. The van der Waals surface area contributed by atoms with Crippen LogP contribution in [0.1, 0.15) is 34.1 Å². The minimum atomic E-state index is -1.17. The molecule has 9 heteroatoms. The van der Waals surface area contributed by atoms with Crippen molar-refractivity contribution in [1.82, 2.24) is 0 Å². The maximum Gasteiger partial charge on any atom is 0.341 e. The van der Waals surface area contributed by atoms with Gasteiger partial charge in [-0.25, -0.2) is 4.79 Å². The van der Waals surface area contributed by atoms with Gasteiger partial charge in [-0.15, -0.1) is 0 Å².